The van der Waals surface area contributed by atoms with Crippen LogP contribution < -0.4 is 10.6 Å². The Bertz CT molecular complexity index is 813. The molecule has 0 bridgehead atoms. The normalized spacial score (nSPS) is 10.4. The van der Waals surface area contributed by atoms with E-state index in [4.69, 9.17) is 5.11 Å². The van der Waals surface area contributed by atoms with Gasteiger partial charge in [0.05, 0.1) is 18.0 Å². The van der Waals surface area contributed by atoms with Gasteiger partial charge in [-0.2, -0.15) is 4.98 Å². The van der Waals surface area contributed by atoms with Gasteiger partial charge >= 0.3 is 0 Å². The second-order valence-electron chi connectivity index (χ2n) is 4.96. The summed E-state index contributed by atoms with van der Waals surface area (Å²) < 4.78 is 0.977. The first-order valence-electron chi connectivity index (χ1n) is 7.42. The number of nitrogens with one attached hydrogen (secondary N) is 2. The van der Waals surface area contributed by atoms with E-state index in [1.165, 1.54) is 0 Å². The Morgan fingerprint density at radius 2 is 1.92 bits per heavy atom. The summed E-state index contributed by atoms with van der Waals surface area (Å²) in [7, 11) is 0. The van der Waals surface area contributed by atoms with E-state index in [1.54, 1.807) is 6.20 Å². The van der Waals surface area contributed by atoms with Crippen molar-refractivity contribution < 1.29 is 5.11 Å². The smallest absolute Gasteiger partial charge is 0.225 e. The molecule has 0 fully saturated rings. The summed E-state index contributed by atoms with van der Waals surface area (Å²) in [4.78, 5) is 13.2. The van der Waals surface area contributed by atoms with Gasteiger partial charge in [-0.15, -0.1) is 0 Å². The third kappa shape index (κ3) is 4.27. The maximum absolute atomic E-state index is 9.00. The molecular formula is C17H16BrN5O. The average Bonchev–Trinajstić information content (AvgIpc) is 2.60. The number of pyridine rings is 1. The van der Waals surface area contributed by atoms with Crippen LogP contribution in [0.3, 0.4) is 0 Å². The first-order chi connectivity index (χ1) is 11.7. The van der Waals surface area contributed by atoms with E-state index in [1.807, 2.05) is 48.5 Å². The van der Waals surface area contributed by atoms with Gasteiger partial charge in [0, 0.05) is 29.0 Å². The van der Waals surface area contributed by atoms with Crippen LogP contribution in [0.2, 0.25) is 0 Å². The largest absolute Gasteiger partial charge is 0.395 e. The zero-order valence-electron chi connectivity index (χ0n) is 12.8. The van der Waals surface area contributed by atoms with Crippen molar-refractivity contribution in [3.63, 3.8) is 0 Å². The molecule has 2 aromatic heterocycles. The van der Waals surface area contributed by atoms with Crippen LogP contribution in [0.4, 0.5) is 17.5 Å². The SMILES string of the molecule is OCCNc1nc(Nc2cccc(Br)c2)cc(-c2ccccn2)n1. The summed E-state index contributed by atoms with van der Waals surface area (Å²) >= 11 is 3.45. The van der Waals surface area contributed by atoms with Crippen molar-refractivity contribution in [2.75, 3.05) is 23.8 Å². The van der Waals surface area contributed by atoms with E-state index in [2.05, 4.69) is 41.5 Å². The molecule has 0 aliphatic carbocycles. The third-order valence-electron chi connectivity index (χ3n) is 3.15. The summed E-state index contributed by atoms with van der Waals surface area (Å²) in [6.07, 6.45) is 1.72. The fourth-order valence-corrected chi connectivity index (χ4v) is 2.52. The van der Waals surface area contributed by atoms with Crippen LogP contribution in [0.1, 0.15) is 0 Å². The van der Waals surface area contributed by atoms with Gasteiger partial charge in [0.2, 0.25) is 5.95 Å². The molecule has 1 aromatic carbocycles. The number of rotatable bonds is 6. The lowest BCUT2D eigenvalue weighted by Crippen LogP contribution is -2.10. The standard InChI is InChI=1S/C17H16BrN5O/c18-12-4-3-5-13(10-12)21-16-11-15(14-6-1-2-7-19-14)22-17(23-16)20-8-9-24/h1-7,10-11,24H,8-9H2,(H2,20,21,22,23). The highest BCUT2D eigenvalue weighted by molar-refractivity contribution is 9.10. The van der Waals surface area contributed by atoms with Gasteiger partial charge in [-0.1, -0.05) is 28.1 Å². The van der Waals surface area contributed by atoms with E-state index in [9.17, 15) is 0 Å². The zero-order chi connectivity index (χ0) is 16.8. The number of hydrogen-bond acceptors (Lipinski definition) is 6. The van der Waals surface area contributed by atoms with Gasteiger partial charge in [-0.25, -0.2) is 4.98 Å². The van der Waals surface area contributed by atoms with Gasteiger partial charge in [0.1, 0.15) is 5.82 Å². The molecule has 7 heteroatoms. The first-order valence-corrected chi connectivity index (χ1v) is 8.22. The lowest BCUT2D eigenvalue weighted by atomic mass is 10.2. The van der Waals surface area contributed by atoms with Crippen LogP contribution in [0.15, 0.2) is 59.2 Å². The van der Waals surface area contributed by atoms with Crippen LogP contribution in [0.5, 0.6) is 0 Å². The monoisotopic (exact) mass is 385 g/mol. The molecule has 0 aliphatic rings. The maximum atomic E-state index is 9.00. The van der Waals surface area contributed by atoms with Crippen LogP contribution in [0.25, 0.3) is 11.4 Å². The minimum Gasteiger partial charge on any atom is -0.395 e. The maximum Gasteiger partial charge on any atom is 0.225 e. The predicted octanol–water partition coefficient (Wildman–Crippen LogP) is 3.45. The van der Waals surface area contributed by atoms with Crippen LogP contribution in [-0.2, 0) is 0 Å². The number of aromatic nitrogens is 3. The number of benzene rings is 1. The third-order valence-corrected chi connectivity index (χ3v) is 3.64. The van der Waals surface area contributed by atoms with Crippen LogP contribution in [0, 0.1) is 0 Å². The Morgan fingerprint density at radius 1 is 1.00 bits per heavy atom. The molecule has 24 heavy (non-hydrogen) atoms. The number of aliphatic hydroxyl groups is 1. The lowest BCUT2D eigenvalue weighted by molar-refractivity contribution is 0.311. The van der Waals surface area contributed by atoms with E-state index < -0.39 is 0 Å². The van der Waals surface area contributed by atoms with E-state index in [0.29, 0.717) is 24.0 Å². The van der Waals surface area contributed by atoms with Gasteiger partial charge < -0.3 is 15.7 Å². The fraction of sp³-hybridized carbons (Fsp3) is 0.118. The lowest BCUT2D eigenvalue weighted by Gasteiger charge is -2.11. The van der Waals surface area contributed by atoms with E-state index in [-0.39, 0.29) is 6.61 Å². The molecule has 0 spiro atoms. The summed E-state index contributed by atoms with van der Waals surface area (Å²) in [6, 6.07) is 15.3. The molecule has 6 nitrogen and oxygen atoms in total. The van der Waals surface area contributed by atoms with Gasteiger partial charge in [0.25, 0.3) is 0 Å². The quantitative estimate of drug-likeness (QED) is 0.602. The highest BCUT2D eigenvalue weighted by Gasteiger charge is 2.08. The van der Waals surface area contributed by atoms with Crippen LogP contribution >= 0.6 is 15.9 Å². The highest BCUT2D eigenvalue weighted by atomic mass is 79.9. The molecule has 3 N–H and O–H groups in total. The van der Waals surface area contributed by atoms with Crippen molar-refractivity contribution in [1.29, 1.82) is 0 Å². The van der Waals surface area contributed by atoms with Gasteiger partial charge in [-0.3, -0.25) is 4.98 Å². The summed E-state index contributed by atoms with van der Waals surface area (Å²) in [5, 5.41) is 15.3. The molecule has 3 rings (SSSR count). The summed E-state index contributed by atoms with van der Waals surface area (Å²) in [6.45, 7) is 0.383. The van der Waals surface area contributed by atoms with Crippen molar-refractivity contribution in [1.82, 2.24) is 15.0 Å². The Balaban J connectivity index is 1.95. The minimum atomic E-state index is 0.00552. The van der Waals surface area contributed by atoms with E-state index in [0.717, 1.165) is 15.9 Å². The molecular weight excluding hydrogens is 370 g/mol. The Kier molecular flexibility index (Phi) is 5.35. The number of nitrogens with zero attached hydrogens (tertiary/aromatic N) is 3. The van der Waals surface area contributed by atoms with Crippen molar-refractivity contribution >= 4 is 33.4 Å². The second-order valence-corrected chi connectivity index (χ2v) is 5.88. The minimum absolute atomic E-state index is 0.00552. The molecule has 2 heterocycles. The van der Waals surface area contributed by atoms with Crippen molar-refractivity contribution in [2.24, 2.45) is 0 Å². The summed E-state index contributed by atoms with van der Waals surface area (Å²) in [5.41, 5.74) is 2.36. The molecule has 0 saturated carbocycles. The van der Waals surface area contributed by atoms with Gasteiger partial charge in [-0.05, 0) is 30.3 Å². The molecule has 122 valence electrons. The fourth-order valence-electron chi connectivity index (χ4n) is 2.12. The zero-order valence-corrected chi connectivity index (χ0v) is 14.4. The second kappa shape index (κ2) is 7.85. The van der Waals surface area contributed by atoms with Crippen LogP contribution in [-0.4, -0.2) is 33.2 Å². The molecule has 3 aromatic rings. The van der Waals surface area contributed by atoms with Crippen molar-refractivity contribution in [3.8, 4) is 11.4 Å². The highest BCUT2D eigenvalue weighted by Crippen LogP contribution is 2.23. The molecule has 0 saturated heterocycles. The summed E-state index contributed by atoms with van der Waals surface area (Å²) in [5.74, 6) is 1.08. The number of halogens is 1. The molecule has 0 amide bonds. The predicted molar refractivity (Wildman–Crippen MR) is 98.3 cm³/mol. The molecule has 0 radical (unpaired) electrons. The number of hydrogen-bond donors (Lipinski definition) is 3. The molecule has 0 unspecified atom stereocenters. The Hall–Kier alpha value is -2.51. The Labute approximate surface area is 148 Å². The number of aliphatic hydroxyl groups excluding tert-OH is 1. The topological polar surface area (TPSA) is 83.0 Å². The number of anilines is 3. The average molecular weight is 386 g/mol. The van der Waals surface area contributed by atoms with Crippen molar-refractivity contribution in [2.45, 2.75) is 0 Å². The van der Waals surface area contributed by atoms with E-state index >= 15 is 0 Å². The van der Waals surface area contributed by atoms with Gasteiger partial charge in [0.15, 0.2) is 0 Å². The molecule has 0 atom stereocenters. The Morgan fingerprint density at radius 3 is 2.67 bits per heavy atom. The molecule has 0 aliphatic heterocycles. The van der Waals surface area contributed by atoms with Crippen molar-refractivity contribution in [3.05, 3.63) is 59.2 Å². The first kappa shape index (κ1) is 16.4.